The second-order valence-corrected chi connectivity index (χ2v) is 4.91. The monoisotopic (exact) mass is 275 g/mol. The highest BCUT2D eigenvalue weighted by molar-refractivity contribution is 5.27. The summed E-state index contributed by atoms with van der Waals surface area (Å²) in [6, 6.07) is 8.27. The van der Waals surface area contributed by atoms with Gasteiger partial charge in [0.15, 0.2) is 6.61 Å². The minimum Gasteiger partial charge on any atom is -0.485 e. The molecular formula is C15H21N3O2. The highest BCUT2D eigenvalue weighted by Gasteiger charge is 2.05. The minimum atomic E-state index is 0.233. The molecule has 0 aliphatic rings. The fourth-order valence-electron chi connectivity index (χ4n) is 1.79. The van der Waals surface area contributed by atoms with Gasteiger partial charge in [-0.3, -0.25) is 0 Å². The summed E-state index contributed by atoms with van der Waals surface area (Å²) in [6.45, 7) is 4.31. The van der Waals surface area contributed by atoms with Gasteiger partial charge in [0.2, 0.25) is 11.7 Å². The molecule has 108 valence electrons. The number of nitrogens with zero attached hydrogens (tertiary/aromatic N) is 2. The van der Waals surface area contributed by atoms with Crippen LogP contribution in [0.2, 0.25) is 0 Å². The molecule has 0 aliphatic carbocycles. The Kier molecular flexibility index (Phi) is 5.12. The molecule has 1 heterocycles. The zero-order valence-electron chi connectivity index (χ0n) is 12.0. The summed E-state index contributed by atoms with van der Waals surface area (Å²) in [7, 11) is 0. The van der Waals surface area contributed by atoms with Crippen LogP contribution >= 0.6 is 0 Å². The highest BCUT2D eigenvalue weighted by Crippen LogP contribution is 2.15. The summed E-state index contributed by atoms with van der Waals surface area (Å²) >= 11 is 0. The number of nitrogens with two attached hydrogens (primary N) is 1. The third-order valence-electron chi connectivity index (χ3n) is 2.99. The van der Waals surface area contributed by atoms with Crippen molar-refractivity contribution < 1.29 is 9.26 Å². The Labute approximate surface area is 119 Å². The Morgan fingerprint density at radius 2 is 2.05 bits per heavy atom. The average molecular weight is 275 g/mol. The second-order valence-electron chi connectivity index (χ2n) is 4.91. The van der Waals surface area contributed by atoms with Gasteiger partial charge in [0.1, 0.15) is 5.75 Å². The van der Waals surface area contributed by atoms with Crippen molar-refractivity contribution in [3.63, 3.8) is 0 Å². The molecular weight excluding hydrogens is 254 g/mol. The van der Waals surface area contributed by atoms with Gasteiger partial charge in [-0.15, -0.1) is 0 Å². The maximum absolute atomic E-state index is 5.75. The molecule has 2 rings (SSSR count). The van der Waals surface area contributed by atoms with Crippen LogP contribution in [-0.2, 0) is 19.4 Å². The van der Waals surface area contributed by atoms with E-state index < -0.39 is 0 Å². The second kappa shape index (κ2) is 7.05. The summed E-state index contributed by atoms with van der Waals surface area (Å²) < 4.78 is 10.6. The summed E-state index contributed by atoms with van der Waals surface area (Å²) in [4.78, 5) is 4.19. The van der Waals surface area contributed by atoms with E-state index in [1.807, 2.05) is 26.0 Å². The van der Waals surface area contributed by atoms with Gasteiger partial charge in [0.25, 0.3) is 0 Å². The Hall–Kier alpha value is -1.88. The van der Waals surface area contributed by atoms with Crippen LogP contribution in [0.4, 0.5) is 0 Å². The lowest BCUT2D eigenvalue weighted by Gasteiger charge is -2.07. The Balaban J connectivity index is 1.84. The fraction of sp³-hybridized carbons (Fsp3) is 0.467. The first kappa shape index (κ1) is 14.5. The molecule has 0 saturated carbocycles. The molecule has 1 unspecified atom stereocenters. The van der Waals surface area contributed by atoms with Gasteiger partial charge < -0.3 is 15.0 Å². The van der Waals surface area contributed by atoms with E-state index in [9.17, 15) is 0 Å². The van der Waals surface area contributed by atoms with Crippen LogP contribution < -0.4 is 10.5 Å². The molecule has 0 aliphatic heterocycles. The first-order valence-electron chi connectivity index (χ1n) is 6.96. The van der Waals surface area contributed by atoms with Crippen LogP contribution in [0.3, 0.4) is 0 Å². The minimum absolute atomic E-state index is 0.233. The van der Waals surface area contributed by atoms with Crippen molar-refractivity contribution in [3.8, 4) is 5.75 Å². The summed E-state index contributed by atoms with van der Waals surface area (Å²) in [5, 5.41) is 3.84. The van der Waals surface area contributed by atoms with Gasteiger partial charge in [-0.1, -0.05) is 24.2 Å². The first-order chi connectivity index (χ1) is 9.67. The van der Waals surface area contributed by atoms with E-state index in [0.717, 1.165) is 25.0 Å². The topological polar surface area (TPSA) is 74.2 Å². The largest absolute Gasteiger partial charge is 0.485 e. The number of aromatic nitrogens is 2. The molecule has 2 N–H and O–H groups in total. The van der Waals surface area contributed by atoms with E-state index in [2.05, 4.69) is 22.3 Å². The quantitative estimate of drug-likeness (QED) is 0.840. The van der Waals surface area contributed by atoms with Crippen molar-refractivity contribution in [2.24, 2.45) is 5.73 Å². The molecule has 5 nitrogen and oxygen atoms in total. The van der Waals surface area contributed by atoms with E-state index in [1.165, 1.54) is 5.56 Å². The Morgan fingerprint density at radius 3 is 2.65 bits per heavy atom. The highest BCUT2D eigenvalue weighted by atomic mass is 16.5. The van der Waals surface area contributed by atoms with Crippen molar-refractivity contribution in [2.75, 3.05) is 0 Å². The lowest BCUT2D eigenvalue weighted by Crippen LogP contribution is -2.15. The predicted octanol–water partition coefficient (Wildman–Crippen LogP) is 2.49. The van der Waals surface area contributed by atoms with E-state index in [0.29, 0.717) is 18.3 Å². The lowest BCUT2D eigenvalue weighted by molar-refractivity contribution is 0.285. The number of rotatable bonds is 7. The average Bonchev–Trinajstić information content (AvgIpc) is 2.92. The van der Waals surface area contributed by atoms with Gasteiger partial charge in [-0.2, -0.15) is 4.98 Å². The molecule has 0 bridgehead atoms. The summed E-state index contributed by atoms with van der Waals surface area (Å²) in [5.41, 5.74) is 7.01. The number of benzene rings is 1. The summed E-state index contributed by atoms with van der Waals surface area (Å²) in [5.74, 6) is 2.01. The Morgan fingerprint density at radius 1 is 1.30 bits per heavy atom. The third kappa shape index (κ3) is 4.35. The fourth-order valence-corrected chi connectivity index (χ4v) is 1.79. The zero-order valence-corrected chi connectivity index (χ0v) is 12.0. The standard InChI is InChI=1S/C15H21N3O2/c1-3-15-17-14(18-20-15)10-19-13-8-6-12(7-9-13)5-4-11(2)16/h6-9,11H,3-5,10,16H2,1-2H3. The van der Waals surface area contributed by atoms with Gasteiger partial charge in [-0.05, 0) is 37.5 Å². The molecule has 0 amide bonds. The van der Waals surface area contributed by atoms with E-state index in [4.69, 9.17) is 15.0 Å². The van der Waals surface area contributed by atoms with Gasteiger partial charge in [0, 0.05) is 12.5 Å². The van der Waals surface area contributed by atoms with E-state index in [-0.39, 0.29) is 6.04 Å². The maximum atomic E-state index is 5.75. The van der Waals surface area contributed by atoms with Crippen molar-refractivity contribution in [2.45, 2.75) is 45.8 Å². The number of ether oxygens (including phenoxy) is 1. The third-order valence-corrected chi connectivity index (χ3v) is 2.99. The SMILES string of the molecule is CCc1nc(COc2ccc(CCC(C)N)cc2)no1. The lowest BCUT2D eigenvalue weighted by atomic mass is 10.1. The van der Waals surface area contributed by atoms with Gasteiger partial charge in [0.05, 0.1) is 0 Å². The molecule has 20 heavy (non-hydrogen) atoms. The smallest absolute Gasteiger partial charge is 0.226 e. The van der Waals surface area contributed by atoms with Crippen LogP contribution in [0.1, 0.15) is 37.5 Å². The first-order valence-corrected chi connectivity index (χ1v) is 6.96. The Bertz CT molecular complexity index is 520. The van der Waals surface area contributed by atoms with Crippen LogP contribution in [0, 0.1) is 0 Å². The van der Waals surface area contributed by atoms with Gasteiger partial charge in [-0.25, -0.2) is 0 Å². The predicted molar refractivity (Wildman–Crippen MR) is 76.4 cm³/mol. The van der Waals surface area contributed by atoms with Crippen LogP contribution in [-0.4, -0.2) is 16.2 Å². The van der Waals surface area contributed by atoms with Crippen LogP contribution in [0.5, 0.6) is 5.75 Å². The van der Waals surface area contributed by atoms with Crippen molar-refractivity contribution in [1.29, 1.82) is 0 Å². The van der Waals surface area contributed by atoms with Crippen LogP contribution in [0.15, 0.2) is 28.8 Å². The van der Waals surface area contributed by atoms with Gasteiger partial charge >= 0.3 is 0 Å². The molecule has 0 spiro atoms. The normalized spacial score (nSPS) is 12.3. The molecule has 1 aromatic heterocycles. The van der Waals surface area contributed by atoms with Crippen molar-refractivity contribution in [3.05, 3.63) is 41.5 Å². The van der Waals surface area contributed by atoms with E-state index >= 15 is 0 Å². The van der Waals surface area contributed by atoms with E-state index in [1.54, 1.807) is 0 Å². The van der Waals surface area contributed by atoms with Crippen LogP contribution in [0.25, 0.3) is 0 Å². The zero-order chi connectivity index (χ0) is 14.4. The number of aryl methyl sites for hydroxylation is 2. The summed E-state index contributed by atoms with van der Waals surface area (Å²) in [6.07, 6.45) is 2.72. The number of hydrogen-bond acceptors (Lipinski definition) is 5. The molecule has 0 fully saturated rings. The molecule has 5 heteroatoms. The number of hydrogen-bond donors (Lipinski definition) is 1. The molecule has 2 aromatic rings. The molecule has 0 saturated heterocycles. The van der Waals surface area contributed by atoms with Crippen molar-refractivity contribution >= 4 is 0 Å². The molecule has 1 atom stereocenters. The molecule has 1 aromatic carbocycles. The molecule has 0 radical (unpaired) electrons. The maximum Gasteiger partial charge on any atom is 0.226 e. The van der Waals surface area contributed by atoms with Crippen molar-refractivity contribution in [1.82, 2.24) is 10.1 Å².